The van der Waals surface area contributed by atoms with E-state index in [4.69, 9.17) is 4.74 Å². The van der Waals surface area contributed by atoms with E-state index in [0.29, 0.717) is 32.7 Å². The summed E-state index contributed by atoms with van der Waals surface area (Å²) in [6, 6.07) is 11.9. The second-order valence-corrected chi connectivity index (χ2v) is 6.16. The van der Waals surface area contributed by atoms with Crippen LogP contribution in [-0.4, -0.2) is 45.3 Å². The largest absolute Gasteiger partial charge is 0.370 e. The number of para-hydroxylation sites is 1. The monoisotopic (exact) mass is 336 g/mol. The molecule has 0 unspecified atom stereocenters. The first-order valence-electron chi connectivity index (χ1n) is 8.51. The summed E-state index contributed by atoms with van der Waals surface area (Å²) in [6.07, 6.45) is 5.71. The number of pyridine rings is 1. The van der Waals surface area contributed by atoms with Crippen molar-refractivity contribution in [2.24, 2.45) is 0 Å². The molecule has 1 aromatic carbocycles. The highest BCUT2D eigenvalue weighted by atomic mass is 16.5. The molecular weight excluding hydrogens is 316 g/mol. The Bertz CT molecular complexity index is 862. The second kappa shape index (κ2) is 7.03. The van der Waals surface area contributed by atoms with Crippen molar-refractivity contribution in [3.05, 3.63) is 60.6 Å². The number of fused-ring (bicyclic) bond motifs is 1. The van der Waals surface area contributed by atoms with Gasteiger partial charge >= 0.3 is 0 Å². The molecule has 128 valence electrons. The predicted octanol–water partition coefficient (Wildman–Crippen LogP) is 2.42. The molecule has 0 saturated carbocycles. The maximum absolute atomic E-state index is 12.6. The van der Waals surface area contributed by atoms with Crippen LogP contribution in [0.3, 0.4) is 0 Å². The first-order valence-corrected chi connectivity index (χ1v) is 8.51. The number of hydrogen-bond donors (Lipinski definition) is 0. The van der Waals surface area contributed by atoms with E-state index in [1.807, 2.05) is 52.2 Å². The molecule has 3 aromatic rings. The topological polar surface area (TPSA) is 60.2 Å². The van der Waals surface area contributed by atoms with Gasteiger partial charge in [0.05, 0.1) is 31.4 Å². The van der Waals surface area contributed by atoms with Gasteiger partial charge in [0.25, 0.3) is 0 Å². The zero-order valence-electron chi connectivity index (χ0n) is 13.9. The molecule has 3 heterocycles. The first-order chi connectivity index (χ1) is 12.3. The molecule has 6 heteroatoms. The Morgan fingerprint density at radius 2 is 2.04 bits per heavy atom. The van der Waals surface area contributed by atoms with E-state index >= 15 is 0 Å². The van der Waals surface area contributed by atoms with Crippen LogP contribution in [0.4, 0.5) is 0 Å². The zero-order chi connectivity index (χ0) is 17.1. The van der Waals surface area contributed by atoms with Gasteiger partial charge in [-0.2, -0.15) is 5.10 Å². The van der Waals surface area contributed by atoms with Crippen molar-refractivity contribution < 1.29 is 9.53 Å². The van der Waals surface area contributed by atoms with Crippen LogP contribution < -0.4 is 0 Å². The van der Waals surface area contributed by atoms with Crippen molar-refractivity contribution in [3.63, 3.8) is 0 Å². The lowest BCUT2D eigenvalue weighted by atomic mass is 10.1. The summed E-state index contributed by atoms with van der Waals surface area (Å²) in [5.74, 6) is 0.141. The Morgan fingerprint density at radius 1 is 1.20 bits per heavy atom. The fraction of sp³-hybridized carbons (Fsp3) is 0.316. The van der Waals surface area contributed by atoms with Crippen LogP contribution in [0.15, 0.2) is 55.0 Å². The van der Waals surface area contributed by atoms with Gasteiger partial charge in [0, 0.05) is 30.7 Å². The third-order valence-corrected chi connectivity index (χ3v) is 4.59. The van der Waals surface area contributed by atoms with Crippen molar-refractivity contribution in [1.82, 2.24) is 19.7 Å². The molecular formula is C19H20N4O2. The standard InChI is InChI=1S/C19H20N4O2/c24-19(7-10-23-17-4-2-1-3-16(17)13-21-23)22-11-12-25-18(14-22)15-5-8-20-9-6-15/h1-6,8-9,13,18H,7,10-12,14H2/t18-/m1/s1. The summed E-state index contributed by atoms with van der Waals surface area (Å²) in [6.45, 7) is 2.37. The molecule has 0 aliphatic carbocycles. The number of nitrogens with zero attached hydrogens (tertiary/aromatic N) is 4. The number of morpholine rings is 1. The highest BCUT2D eigenvalue weighted by Gasteiger charge is 2.25. The highest BCUT2D eigenvalue weighted by Crippen LogP contribution is 2.22. The summed E-state index contributed by atoms with van der Waals surface area (Å²) >= 11 is 0. The SMILES string of the molecule is O=C(CCn1ncc2ccccc21)N1CCO[C@@H](c2ccncc2)C1. The van der Waals surface area contributed by atoms with E-state index in [9.17, 15) is 4.79 Å². The van der Waals surface area contributed by atoms with Gasteiger partial charge in [-0.3, -0.25) is 14.5 Å². The minimum atomic E-state index is -0.0776. The number of aromatic nitrogens is 3. The molecule has 2 aromatic heterocycles. The van der Waals surface area contributed by atoms with Gasteiger partial charge < -0.3 is 9.64 Å². The van der Waals surface area contributed by atoms with Gasteiger partial charge in [-0.05, 0) is 23.8 Å². The molecule has 0 N–H and O–H groups in total. The number of benzene rings is 1. The fourth-order valence-electron chi connectivity index (χ4n) is 3.22. The van der Waals surface area contributed by atoms with Crippen molar-refractivity contribution >= 4 is 16.8 Å². The number of aryl methyl sites for hydroxylation is 1. The Hall–Kier alpha value is -2.73. The van der Waals surface area contributed by atoms with Crippen molar-refractivity contribution in [1.29, 1.82) is 0 Å². The van der Waals surface area contributed by atoms with Crippen LogP contribution in [-0.2, 0) is 16.1 Å². The third kappa shape index (κ3) is 3.39. The second-order valence-electron chi connectivity index (χ2n) is 6.16. The number of hydrogen-bond acceptors (Lipinski definition) is 4. The Balaban J connectivity index is 1.39. The molecule has 1 aliphatic heterocycles. The number of rotatable bonds is 4. The van der Waals surface area contributed by atoms with Gasteiger partial charge in [-0.15, -0.1) is 0 Å². The molecule has 0 spiro atoms. The van der Waals surface area contributed by atoms with Crippen molar-refractivity contribution in [2.45, 2.75) is 19.1 Å². The lowest BCUT2D eigenvalue weighted by molar-refractivity contribution is -0.139. The van der Waals surface area contributed by atoms with Gasteiger partial charge in [0.2, 0.25) is 5.91 Å². The molecule has 25 heavy (non-hydrogen) atoms. The predicted molar refractivity (Wildman–Crippen MR) is 93.9 cm³/mol. The minimum Gasteiger partial charge on any atom is -0.370 e. The van der Waals surface area contributed by atoms with Gasteiger partial charge in [-0.1, -0.05) is 18.2 Å². The van der Waals surface area contributed by atoms with Crippen LogP contribution >= 0.6 is 0 Å². The molecule has 1 fully saturated rings. The van der Waals surface area contributed by atoms with Crippen LogP contribution in [0.1, 0.15) is 18.1 Å². The first kappa shape index (κ1) is 15.8. The number of ether oxygens (including phenoxy) is 1. The molecule has 0 radical (unpaired) electrons. The number of amides is 1. The van der Waals surface area contributed by atoms with Gasteiger partial charge in [0.15, 0.2) is 0 Å². The number of carbonyl (C=O) groups is 1. The van der Waals surface area contributed by atoms with E-state index in [1.54, 1.807) is 12.4 Å². The number of carbonyl (C=O) groups excluding carboxylic acids is 1. The van der Waals surface area contributed by atoms with E-state index < -0.39 is 0 Å². The average molecular weight is 336 g/mol. The van der Waals surface area contributed by atoms with Crippen LogP contribution in [0.2, 0.25) is 0 Å². The smallest absolute Gasteiger partial charge is 0.224 e. The van der Waals surface area contributed by atoms with Crippen LogP contribution in [0.25, 0.3) is 10.9 Å². The summed E-state index contributed by atoms with van der Waals surface area (Å²) < 4.78 is 7.71. The van der Waals surface area contributed by atoms with E-state index in [0.717, 1.165) is 16.5 Å². The van der Waals surface area contributed by atoms with Gasteiger partial charge in [0.1, 0.15) is 6.10 Å². The maximum atomic E-state index is 12.6. The van der Waals surface area contributed by atoms with Crippen LogP contribution in [0, 0.1) is 0 Å². The normalized spacial score (nSPS) is 17.8. The molecule has 1 amide bonds. The minimum absolute atomic E-state index is 0.0776. The lowest BCUT2D eigenvalue weighted by Gasteiger charge is -2.33. The van der Waals surface area contributed by atoms with Gasteiger partial charge in [-0.25, -0.2) is 0 Å². The summed E-state index contributed by atoms with van der Waals surface area (Å²) in [5, 5.41) is 5.49. The highest BCUT2D eigenvalue weighted by molar-refractivity contribution is 5.79. The molecule has 1 saturated heterocycles. The Labute approximate surface area is 146 Å². The van der Waals surface area contributed by atoms with Crippen LogP contribution in [0.5, 0.6) is 0 Å². The average Bonchev–Trinajstić information content (AvgIpc) is 3.10. The molecule has 6 nitrogen and oxygen atoms in total. The molecule has 4 rings (SSSR count). The Morgan fingerprint density at radius 3 is 2.92 bits per heavy atom. The maximum Gasteiger partial charge on any atom is 0.224 e. The molecule has 1 atom stereocenters. The van der Waals surface area contributed by atoms with Crippen molar-refractivity contribution in [2.75, 3.05) is 19.7 Å². The quantitative estimate of drug-likeness (QED) is 0.734. The van der Waals surface area contributed by atoms with Crippen molar-refractivity contribution in [3.8, 4) is 0 Å². The third-order valence-electron chi connectivity index (χ3n) is 4.59. The summed E-state index contributed by atoms with van der Waals surface area (Å²) in [4.78, 5) is 18.5. The van der Waals surface area contributed by atoms with E-state index in [1.165, 1.54) is 0 Å². The van der Waals surface area contributed by atoms with E-state index in [-0.39, 0.29) is 12.0 Å². The molecule has 0 bridgehead atoms. The fourth-order valence-corrected chi connectivity index (χ4v) is 3.22. The lowest BCUT2D eigenvalue weighted by Crippen LogP contribution is -2.42. The Kier molecular flexibility index (Phi) is 4.43. The molecule has 1 aliphatic rings. The summed E-state index contributed by atoms with van der Waals surface area (Å²) in [7, 11) is 0. The summed E-state index contributed by atoms with van der Waals surface area (Å²) in [5.41, 5.74) is 2.12. The zero-order valence-corrected chi connectivity index (χ0v) is 13.9. The van der Waals surface area contributed by atoms with E-state index in [2.05, 4.69) is 10.1 Å².